The predicted octanol–water partition coefficient (Wildman–Crippen LogP) is 2.16. The van der Waals surface area contributed by atoms with Crippen molar-refractivity contribution in [2.45, 2.75) is 13.0 Å². The number of carbonyl (C=O) groups is 1. The van der Waals surface area contributed by atoms with Gasteiger partial charge in [-0.1, -0.05) is 6.07 Å². The van der Waals surface area contributed by atoms with Crippen LogP contribution < -0.4 is 25.3 Å². The van der Waals surface area contributed by atoms with E-state index in [2.05, 4.69) is 5.32 Å². The first kappa shape index (κ1) is 20.7. The number of nitrogens with one attached hydrogen (secondary N) is 1. The molecular formula is C17H23ClN2O5. The lowest BCUT2D eigenvalue weighted by atomic mass is 10.1. The van der Waals surface area contributed by atoms with E-state index >= 15 is 0 Å². The molecule has 25 heavy (non-hydrogen) atoms. The van der Waals surface area contributed by atoms with Crippen LogP contribution in [-0.2, 0) is 13.0 Å². The molecule has 138 valence electrons. The fraction of sp³-hybridized carbons (Fsp3) is 0.353. The van der Waals surface area contributed by atoms with E-state index in [4.69, 9.17) is 24.4 Å². The summed E-state index contributed by atoms with van der Waals surface area (Å²) in [5.41, 5.74) is 6.82. The Morgan fingerprint density at radius 2 is 1.88 bits per heavy atom. The molecule has 0 aliphatic rings. The van der Waals surface area contributed by atoms with Crippen molar-refractivity contribution in [1.29, 1.82) is 0 Å². The zero-order valence-corrected chi connectivity index (χ0v) is 15.3. The van der Waals surface area contributed by atoms with E-state index in [0.717, 1.165) is 5.56 Å². The van der Waals surface area contributed by atoms with Crippen LogP contribution >= 0.6 is 12.4 Å². The number of rotatable bonds is 8. The van der Waals surface area contributed by atoms with Gasteiger partial charge in [0, 0.05) is 12.1 Å². The molecule has 0 fully saturated rings. The van der Waals surface area contributed by atoms with Gasteiger partial charge in [0.25, 0.3) is 5.91 Å². The normalized spacial score (nSPS) is 9.92. The fourth-order valence-electron chi connectivity index (χ4n) is 2.38. The van der Waals surface area contributed by atoms with Crippen LogP contribution in [0, 0.1) is 0 Å². The molecule has 0 saturated heterocycles. The second-order valence-corrected chi connectivity index (χ2v) is 5.01. The minimum atomic E-state index is -0.210. The van der Waals surface area contributed by atoms with E-state index in [-0.39, 0.29) is 24.9 Å². The molecule has 0 spiro atoms. The second-order valence-electron chi connectivity index (χ2n) is 5.01. The fourth-order valence-corrected chi connectivity index (χ4v) is 2.38. The first-order valence-corrected chi connectivity index (χ1v) is 7.48. The largest absolute Gasteiger partial charge is 0.493 e. The highest BCUT2D eigenvalue weighted by molar-refractivity contribution is 5.93. The summed E-state index contributed by atoms with van der Waals surface area (Å²) in [6, 6.07) is 5.32. The van der Waals surface area contributed by atoms with Gasteiger partial charge in [-0.25, -0.2) is 0 Å². The molecule has 2 aromatic rings. The monoisotopic (exact) mass is 370 g/mol. The zero-order chi connectivity index (χ0) is 17.5. The van der Waals surface area contributed by atoms with Crippen molar-refractivity contribution in [3.05, 3.63) is 41.3 Å². The number of ether oxygens (including phenoxy) is 3. The number of hydrogen-bond acceptors (Lipinski definition) is 6. The lowest BCUT2D eigenvalue weighted by Crippen LogP contribution is -2.25. The first-order chi connectivity index (χ1) is 11.6. The Balaban J connectivity index is 0.00000312. The smallest absolute Gasteiger partial charge is 0.254 e. The highest BCUT2D eigenvalue weighted by Crippen LogP contribution is 2.39. The number of amides is 1. The van der Waals surface area contributed by atoms with E-state index in [0.29, 0.717) is 41.5 Å². The van der Waals surface area contributed by atoms with Crippen LogP contribution in [0.2, 0.25) is 0 Å². The molecule has 7 nitrogen and oxygen atoms in total. The molecule has 0 unspecified atom stereocenters. The number of benzene rings is 1. The van der Waals surface area contributed by atoms with Crippen molar-refractivity contribution in [3.8, 4) is 17.2 Å². The number of nitrogens with two attached hydrogens (primary N) is 1. The van der Waals surface area contributed by atoms with Crippen molar-refractivity contribution in [2.75, 3.05) is 27.9 Å². The van der Waals surface area contributed by atoms with Crippen LogP contribution in [0.1, 0.15) is 21.7 Å². The third-order valence-corrected chi connectivity index (χ3v) is 3.58. The SMILES string of the molecule is COc1ccc(CCNC(=O)c2coc(CN)c2)c(OC)c1OC.Cl. The molecule has 2 rings (SSSR count). The van der Waals surface area contributed by atoms with E-state index in [1.54, 1.807) is 27.4 Å². The van der Waals surface area contributed by atoms with Crippen LogP contribution in [0.4, 0.5) is 0 Å². The molecular weight excluding hydrogens is 348 g/mol. The Morgan fingerprint density at radius 1 is 1.16 bits per heavy atom. The highest BCUT2D eigenvalue weighted by atomic mass is 35.5. The number of furan rings is 1. The average Bonchev–Trinajstić information content (AvgIpc) is 3.10. The van der Waals surface area contributed by atoms with Gasteiger partial charge < -0.3 is 29.7 Å². The van der Waals surface area contributed by atoms with Crippen LogP contribution in [0.5, 0.6) is 17.2 Å². The summed E-state index contributed by atoms with van der Waals surface area (Å²) in [4.78, 5) is 12.1. The van der Waals surface area contributed by atoms with Crippen LogP contribution in [0.25, 0.3) is 0 Å². The first-order valence-electron chi connectivity index (χ1n) is 7.48. The minimum Gasteiger partial charge on any atom is -0.493 e. The Kier molecular flexibility index (Phi) is 8.10. The van der Waals surface area contributed by atoms with Gasteiger partial charge in [0.15, 0.2) is 11.5 Å². The standard InChI is InChI=1S/C17H22N2O5.ClH/c1-21-14-5-4-11(15(22-2)16(14)23-3)6-7-19-17(20)12-8-13(9-18)24-10-12;/h4-5,8,10H,6-7,9,18H2,1-3H3,(H,19,20);1H. The highest BCUT2D eigenvalue weighted by Gasteiger charge is 2.16. The molecule has 0 aliphatic heterocycles. The molecule has 1 heterocycles. The second kappa shape index (κ2) is 9.80. The summed E-state index contributed by atoms with van der Waals surface area (Å²) >= 11 is 0. The lowest BCUT2D eigenvalue weighted by molar-refractivity contribution is 0.0953. The van der Waals surface area contributed by atoms with Crippen LogP contribution in [0.3, 0.4) is 0 Å². The maximum atomic E-state index is 12.1. The van der Waals surface area contributed by atoms with E-state index in [9.17, 15) is 4.79 Å². The number of halogens is 1. The number of methoxy groups -OCH3 is 3. The molecule has 0 bridgehead atoms. The van der Waals surface area contributed by atoms with E-state index in [1.165, 1.54) is 6.26 Å². The molecule has 8 heteroatoms. The third-order valence-electron chi connectivity index (χ3n) is 3.58. The Hall–Kier alpha value is -2.38. The lowest BCUT2D eigenvalue weighted by Gasteiger charge is -2.15. The molecule has 0 atom stereocenters. The van der Waals surface area contributed by atoms with Gasteiger partial charge in [0.2, 0.25) is 5.75 Å². The average molecular weight is 371 g/mol. The summed E-state index contributed by atoms with van der Waals surface area (Å²) in [7, 11) is 4.69. The van der Waals surface area contributed by atoms with Crippen molar-refractivity contribution in [1.82, 2.24) is 5.32 Å². The van der Waals surface area contributed by atoms with Crippen LogP contribution in [-0.4, -0.2) is 33.8 Å². The summed E-state index contributed by atoms with van der Waals surface area (Å²) in [5, 5.41) is 2.83. The van der Waals surface area contributed by atoms with Gasteiger partial charge >= 0.3 is 0 Å². The molecule has 1 aromatic carbocycles. The zero-order valence-electron chi connectivity index (χ0n) is 14.5. The summed E-state index contributed by atoms with van der Waals surface area (Å²) in [6.45, 7) is 0.698. The number of carbonyl (C=O) groups excluding carboxylic acids is 1. The van der Waals surface area contributed by atoms with Crippen molar-refractivity contribution < 1.29 is 23.4 Å². The van der Waals surface area contributed by atoms with Crippen LogP contribution in [0.15, 0.2) is 28.9 Å². The van der Waals surface area contributed by atoms with E-state index < -0.39 is 0 Å². The number of hydrogen-bond donors (Lipinski definition) is 2. The predicted molar refractivity (Wildman–Crippen MR) is 96.0 cm³/mol. The van der Waals surface area contributed by atoms with Gasteiger partial charge in [0.05, 0.1) is 33.4 Å². The minimum absolute atomic E-state index is 0. The van der Waals surface area contributed by atoms with Crippen molar-refractivity contribution in [3.63, 3.8) is 0 Å². The van der Waals surface area contributed by atoms with Crippen molar-refractivity contribution in [2.24, 2.45) is 5.73 Å². The summed E-state index contributed by atoms with van der Waals surface area (Å²) in [6.07, 6.45) is 1.98. The molecule has 0 radical (unpaired) electrons. The van der Waals surface area contributed by atoms with E-state index in [1.807, 2.05) is 12.1 Å². The molecule has 1 amide bonds. The molecule has 1 aromatic heterocycles. The maximum absolute atomic E-state index is 12.1. The third kappa shape index (κ3) is 4.80. The van der Waals surface area contributed by atoms with Crippen molar-refractivity contribution >= 4 is 18.3 Å². The quantitative estimate of drug-likeness (QED) is 0.739. The summed E-state index contributed by atoms with van der Waals surface area (Å²) in [5.74, 6) is 2.08. The Morgan fingerprint density at radius 3 is 2.44 bits per heavy atom. The molecule has 0 saturated carbocycles. The van der Waals surface area contributed by atoms with Gasteiger partial charge in [0.1, 0.15) is 12.0 Å². The molecule has 0 aliphatic carbocycles. The van der Waals surface area contributed by atoms with Gasteiger partial charge in [-0.15, -0.1) is 12.4 Å². The Bertz CT molecular complexity index is 702. The van der Waals surface area contributed by atoms with Gasteiger partial charge in [-0.2, -0.15) is 0 Å². The Labute approximate surface area is 152 Å². The molecule has 3 N–H and O–H groups in total. The maximum Gasteiger partial charge on any atom is 0.254 e. The summed E-state index contributed by atoms with van der Waals surface area (Å²) < 4.78 is 21.2. The van der Waals surface area contributed by atoms with Gasteiger partial charge in [-0.05, 0) is 18.6 Å². The van der Waals surface area contributed by atoms with Gasteiger partial charge in [-0.3, -0.25) is 4.79 Å². The topological polar surface area (TPSA) is 96.0 Å².